The van der Waals surface area contributed by atoms with Crippen molar-refractivity contribution in [3.8, 4) is 56.2 Å². The van der Waals surface area contributed by atoms with E-state index in [1.807, 2.05) is 109 Å². The highest BCUT2D eigenvalue weighted by atomic mass is 79.9. The number of benzene rings is 4. The zero-order valence-corrected chi connectivity index (χ0v) is 88.8. The first kappa shape index (κ1) is 105. The first-order chi connectivity index (χ1) is 66.8. The summed E-state index contributed by atoms with van der Waals surface area (Å²) in [6.45, 7) is 31.0. The number of carbonyl (C=O) groups excluding carboxylic acids is 1. The first-order valence-electron chi connectivity index (χ1n) is 43.1. The number of hydrogen-bond donors (Lipinski definition) is 9. The number of imidazole rings is 2. The van der Waals surface area contributed by atoms with Gasteiger partial charge >= 0.3 is 13.1 Å². The van der Waals surface area contributed by atoms with E-state index >= 15 is 0 Å². The Kier molecular flexibility index (Phi) is 34.0. The van der Waals surface area contributed by atoms with Gasteiger partial charge in [0.2, 0.25) is 38.0 Å². The van der Waals surface area contributed by atoms with E-state index in [4.69, 9.17) is 52.6 Å². The lowest BCUT2D eigenvalue weighted by Crippen LogP contribution is -2.41. The number of carbonyl (C=O) groups is 2. The number of aryl methyl sites for hydroxylation is 4. The predicted molar refractivity (Wildman–Crippen MR) is 562 cm³/mol. The standard InChI is InChI=1S/C23H17FN8S.C16H14BrFN6OS.C16H12BrFN6S.C13H17BN2O2.C10H9BrFN5.C8H21NOSi2.C6H7NO2S/c1-13-27-17(12-33-13)10-18-28-22-20(15-4-7-19-26-8-9-31(19)11-15)21(29-23(25)32(22)30-18)14-2-5-16(24)6-3-14;1-8-20-11(7-26-8)6-12(25)23-24-15-13(17)14(21-16(19)22-15)9-2-4-10(18)5-3-9;1-8-20-11(7-25-8)6-12-21-15-13(17)14(22-16(19)24(15)23-12)9-2-4-10(18)5-3-9;1-12(2)13(3,4)18-14(17-12)10-5-6-11-15-7-8-16(11)9-10;11-7-8(5-1-3-6(12)4-2-5)15-10(13)16-9(7)17-14;1-8(9-11(2,3)4)10-12(5,6)7;1-4-7-5(3-10-4)2-6(8)9/h2-9,11-12H,10H2,1H3,(H2,25,29);2-5,7H,6H2,1H3,(H,23,25)(H3,19,21,22,24);2-5,7H,6H2,1H3,(H2,19,22);5-9H,1-4H3;1-4H,14H2,(H3,13,15,16,17);1-7H3;3H,2H2,1H3,(H,8,9). The second-order valence-electron chi connectivity index (χ2n) is 34.3. The van der Waals surface area contributed by atoms with Crippen molar-refractivity contribution in [1.82, 2.24) is 103 Å². The van der Waals surface area contributed by atoms with Gasteiger partial charge in [0.15, 0.2) is 48.7 Å². The number of hydrogen-bond acceptors (Lipinski definition) is 33. The molecule has 35 nitrogen and oxygen atoms in total. The molecule has 0 radical (unpaired) electrons. The monoisotopic (exact) mass is 2210 g/mol. The van der Waals surface area contributed by atoms with Crippen LogP contribution in [0.5, 0.6) is 0 Å². The molecule has 19 rings (SSSR count). The van der Waals surface area contributed by atoms with E-state index in [1.54, 1.807) is 93.5 Å². The highest BCUT2D eigenvalue weighted by Gasteiger charge is 2.52. The van der Waals surface area contributed by atoms with Crippen LogP contribution < -0.4 is 50.5 Å². The summed E-state index contributed by atoms with van der Waals surface area (Å²) in [7, 11) is -3.08. The lowest BCUT2D eigenvalue weighted by Gasteiger charge is -2.32. The maximum absolute atomic E-state index is 13.6. The van der Waals surface area contributed by atoms with Gasteiger partial charge in [0.1, 0.15) is 34.6 Å². The van der Waals surface area contributed by atoms with E-state index in [2.05, 4.69) is 211 Å². The molecule has 0 unspecified atom stereocenters. The Balaban J connectivity index is 0.000000143. The van der Waals surface area contributed by atoms with E-state index < -0.39 is 22.5 Å². The number of aliphatic carboxylic acids is 1. The number of halogens is 7. The molecule has 4 aromatic carbocycles. The summed E-state index contributed by atoms with van der Waals surface area (Å²) < 4.78 is 83.7. The minimum Gasteiger partial charge on any atom is -0.535 e. The molecule has 0 bridgehead atoms. The fourth-order valence-electron chi connectivity index (χ4n) is 13.5. The molecule has 0 spiro atoms. The summed E-state index contributed by atoms with van der Waals surface area (Å²) in [5.41, 5.74) is 44.4. The van der Waals surface area contributed by atoms with Crippen molar-refractivity contribution < 1.29 is 46.0 Å². The first-order valence-corrected chi connectivity index (χ1v) is 55.8. The summed E-state index contributed by atoms with van der Waals surface area (Å²) in [5, 5.41) is 28.8. The number of carboxylic acids is 1. The van der Waals surface area contributed by atoms with E-state index in [9.17, 15) is 27.2 Å². The Morgan fingerprint density at radius 3 is 1.32 bits per heavy atom. The average Bonchev–Trinajstić information content (AvgIpc) is 1.62. The van der Waals surface area contributed by atoms with Gasteiger partial charge in [0.05, 0.1) is 121 Å². The number of thiazole rings is 4. The van der Waals surface area contributed by atoms with Gasteiger partial charge in [0, 0.05) is 93.4 Å². The van der Waals surface area contributed by atoms with Gasteiger partial charge in [-0.25, -0.2) is 83.2 Å². The van der Waals surface area contributed by atoms with Crippen LogP contribution in [0.1, 0.15) is 89.1 Å². The summed E-state index contributed by atoms with van der Waals surface area (Å²) in [4.78, 5) is 82.5. The van der Waals surface area contributed by atoms with E-state index in [1.165, 1.54) is 75.7 Å². The Hall–Kier alpha value is -13.2. The molecule has 141 heavy (non-hydrogen) atoms. The molecule has 0 saturated carbocycles. The van der Waals surface area contributed by atoms with Crippen LogP contribution in [0, 0.1) is 51.0 Å². The fraction of sp³-hybridized carbons (Fsp3) is 0.228. The normalized spacial score (nSPS) is 12.6. The van der Waals surface area contributed by atoms with E-state index in [0.29, 0.717) is 106 Å². The van der Waals surface area contributed by atoms with E-state index in [0.717, 1.165) is 76.3 Å². The lowest BCUT2D eigenvalue weighted by molar-refractivity contribution is -0.136. The number of nitrogens with zero attached hydrogens (tertiary/aromatic N) is 21. The third kappa shape index (κ3) is 28.2. The topological polar surface area (TPSA) is 484 Å². The van der Waals surface area contributed by atoms with E-state index in [-0.39, 0.29) is 84.1 Å². The molecule has 0 atom stereocenters. The van der Waals surface area contributed by atoms with Crippen molar-refractivity contribution in [2.45, 2.75) is 138 Å². The number of anilines is 6. The van der Waals surface area contributed by atoms with Gasteiger partial charge in [-0.2, -0.15) is 19.0 Å². The van der Waals surface area contributed by atoms with Crippen LogP contribution in [-0.4, -0.2) is 156 Å². The summed E-state index contributed by atoms with van der Waals surface area (Å²) in [5.74, 6) is 6.16. The molecule has 1 aliphatic heterocycles. The summed E-state index contributed by atoms with van der Waals surface area (Å²) >= 11 is 16.4. The molecule has 1 saturated heterocycles. The highest BCUT2D eigenvalue weighted by molar-refractivity contribution is 9.11. The molecule has 18 aromatic rings. The third-order valence-corrected chi connectivity index (χ3v) is 27.7. The largest absolute Gasteiger partial charge is 0.535 e. The van der Waals surface area contributed by atoms with Crippen LogP contribution in [0.4, 0.5) is 53.0 Å². The molecule has 14 aromatic heterocycles. The molecule has 14 N–H and O–H groups in total. The van der Waals surface area contributed by atoms with Crippen LogP contribution in [0.3, 0.4) is 0 Å². The Labute approximate surface area is 850 Å². The molecule has 0 aliphatic carbocycles. The number of pyridine rings is 2. The average molecular weight is 2220 g/mol. The van der Waals surface area contributed by atoms with Crippen molar-refractivity contribution in [2.75, 3.05) is 33.8 Å². The van der Waals surface area contributed by atoms with Gasteiger partial charge in [-0.3, -0.25) is 25.1 Å². The SMILES string of the molecule is CC(=N[Si](C)(C)C)O[Si](C)(C)C.CC1(C)OB(c2ccc3nccn3c2)OC1(C)C.Cc1nc(CC(=O)NNc2nc(N)nc(-c3ccc(F)cc3)c2Br)cs1.Cc1nc(CC(=O)O)cs1.Cc1nc(Cc2nc3c(-c4ccc5nccn5c4)c(-c4ccc(F)cc4)nc(N)n3n2)cs1.Cc1nc(Cc2nc3c(Br)c(-c4ccc(F)cc4)nc(N)n3n2)cs1.NNc1nc(N)nc(-c2ccc(F)cc2)c1Br. The molecule has 49 heteroatoms. The molecule has 1 aliphatic rings. The minimum absolute atomic E-state index is 0.0133. The molecular weight excluding hydrogens is 2120 g/mol. The molecule has 730 valence electrons. The number of amides is 1. The fourth-order valence-corrected chi connectivity index (χ4v) is 19.6. The second kappa shape index (κ2) is 45.6. The zero-order chi connectivity index (χ0) is 102. The number of nitrogens with one attached hydrogen (secondary N) is 3. The van der Waals surface area contributed by atoms with Gasteiger partial charge in [0.25, 0.3) is 0 Å². The van der Waals surface area contributed by atoms with Crippen molar-refractivity contribution in [3.63, 3.8) is 0 Å². The maximum atomic E-state index is 13.6. The molecule has 1 fully saturated rings. The number of nitrogens with two attached hydrogens (primary N) is 5. The van der Waals surface area contributed by atoms with Crippen LogP contribution in [-0.2, 0) is 49.0 Å². The quantitative estimate of drug-likeness (QED) is 0.00906. The van der Waals surface area contributed by atoms with Crippen molar-refractivity contribution in [1.29, 1.82) is 0 Å². The Morgan fingerprint density at radius 2 is 0.887 bits per heavy atom. The minimum atomic E-state index is -1.43. The molecular formula is C92H97BBr3F4N29O6S4Si2. The van der Waals surface area contributed by atoms with Gasteiger partial charge < -0.3 is 56.0 Å². The van der Waals surface area contributed by atoms with Crippen molar-refractivity contribution >= 4 is 198 Å². The maximum Gasteiger partial charge on any atom is 0.496 e. The number of rotatable bonds is 19. The molecule has 15 heterocycles. The molecule has 1 amide bonds. The number of fused-ring (bicyclic) bond motifs is 4. The number of aromatic nitrogens is 20. The highest BCUT2D eigenvalue weighted by Crippen LogP contribution is 2.40. The van der Waals surface area contributed by atoms with Gasteiger partial charge in [-0.1, -0.05) is 6.07 Å². The number of nitrogen functional groups attached to an aromatic ring is 5. The zero-order valence-electron chi connectivity index (χ0n) is 78.8. The Morgan fingerprint density at radius 1 is 0.496 bits per heavy atom. The second-order valence-corrected chi connectivity index (χ2v) is 49.9. The smallest absolute Gasteiger partial charge is 0.496 e. The van der Waals surface area contributed by atoms with Crippen LogP contribution in [0.15, 0.2) is 198 Å². The van der Waals surface area contributed by atoms with Crippen LogP contribution in [0.2, 0.25) is 39.3 Å². The number of hydrazine groups is 2. The predicted octanol–water partition coefficient (Wildman–Crippen LogP) is 18.6. The van der Waals surface area contributed by atoms with Gasteiger partial charge in [-0.15, -0.1) is 55.5 Å². The number of carboxylic acid groups (broad SMARTS) is 1. The van der Waals surface area contributed by atoms with Gasteiger partial charge in [-0.05, 0) is 263 Å². The van der Waals surface area contributed by atoms with Crippen molar-refractivity contribution in [2.24, 2.45) is 10.5 Å². The Bertz CT molecular complexity index is 7500. The van der Waals surface area contributed by atoms with Crippen LogP contribution in [0.25, 0.3) is 78.7 Å². The lowest BCUT2D eigenvalue weighted by atomic mass is 9.80. The van der Waals surface area contributed by atoms with Crippen LogP contribution >= 0.6 is 93.1 Å². The summed E-state index contributed by atoms with van der Waals surface area (Å²) in [6.07, 6.45) is 12.4. The summed E-state index contributed by atoms with van der Waals surface area (Å²) in [6, 6.07) is 31.8. The third-order valence-electron chi connectivity index (χ3n) is 20.3. The van der Waals surface area contributed by atoms with Crippen molar-refractivity contribution in [3.05, 3.63) is 271 Å².